The standard InChI is InChI=1S/C26H30N4O4S/c1-18-8-11-30(12-9-18)35(32,33)21-6-7-24-22(14-21)23(26(31)28-17-20-5-3-13-34-20)15-25(29-24)19-4-2-10-27-16-19/h2,4,6-7,10,14-16,18,20H,3,5,8-9,11-13,17H2,1H3,(H,28,31)/t20-/m1/s1. The maximum absolute atomic E-state index is 13.4. The Hall–Kier alpha value is -2.88. The highest BCUT2D eigenvalue weighted by atomic mass is 32.2. The summed E-state index contributed by atoms with van der Waals surface area (Å²) in [7, 11) is -3.66. The van der Waals surface area contributed by atoms with Gasteiger partial charge in [-0.15, -0.1) is 0 Å². The van der Waals surface area contributed by atoms with Crippen molar-refractivity contribution in [3.8, 4) is 11.3 Å². The van der Waals surface area contributed by atoms with Gasteiger partial charge in [-0.25, -0.2) is 13.4 Å². The Morgan fingerprint density at radius 2 is 2.00 bits per heavy atom. The highest BCUT2D eigenvalue weighted by Gasteiger charge is 2.29. The number of carbonyl (C=O) groups is 1. The number of sulfonamides is 1. The van der Waals surface area contributed by atoms with Gasteiger partial charge in [-0.1, -0.05) is 6.92 Å². The van der Waals surface area contributed by atoms with Crippen LogP contribution in [0.1, 0.15) is 43.0 Å². The van der Waals surface area contributed by atoms with Gasteiger partial charge < -0.3 is 10.1 Å². The van der Waals surface area contributed by atoms with E-state index in [0.717, 1.165) is 31.2 Å². The minimum absolute atomic E-state index is 0.00211. The predicted octanol–water partition coefficient (Wildman–Crippen LogP) is 3.63. The molecule has 8 nitrogen and oxygen atoms in total. The molecule has 0 saturated carbocycles. The molecule has 2 aliphatic rings. The van der Waals surface area contributed by atoms with Gasteiger partial charge in [-0.05, 0) is 68.0 Å². The molecule has 9 heteroatoms. The molecule has 2 aliphatic heterocycles. The first-order valence-electron chi connectivity index (χ1n) is 12.2. The van der Waals surface area contributed by atoms with Crippen LogP contribution in [-0.2, 0) is 14.8 Å². The third-order valence-corrected chi connectivity index (χ3v) is 8.77. The lowest BCUT2D eigenvalue weighted by atomic mass is 10.0. The second-order valence-corrected chi connectivity index (χ2v) is 11.3. The molecule has 4 heterocycles. The molecule has 0 spiro atoms. The molecule has 5 rings (SSSR count). The van der Waals surface area contributed by atoms with Crippen molar-refractivity contribution < 1.29 is 17.9 Å². The van der Waals surface area contributed by atoms with Gasteiger partial charge in [0.1, 0.15) is 0 Å². The van der Waals surface area contributed by atoms with Crippen LogP contribution in [0.25, 0.3) is 22.2 Å². The molecule has 0 unspecified atom stereocenters. The maximum atomic E-state index is 13.4. The average Bonchev–Trinajstić information content (AvgIpc) is 3.41. The van der Waals surface area contributed by atoms with E-state index in [1.807, 2.05) is 12.1 Å². The molecule has 184 valence electrons. The zero-order chi connectivity index (χ0) is 24.4. The van der Waals surface area contributed by atoms with E-state index in [-0.39, 0.29) is 16.9 Å². The molecule has 0 bridgehead atoms. The zero-order valence-electron chi connectivity index (χ0n) is 19.8. The van der Waals surface area contributed by atoms with Gasteiger partial charge in [0.15, 0.2) is 0 Å². The summed E-state index contributed by atoms with van der Waals surface area (Å²) in [6.07, 6.45) is 6.97. The van der Waals surface area contributed by atoms with E-state index in [1.54, 1.807) is 41.0 Å². The van der Waals surface area contributed by atoms with Crippen LogP contribution in [0.5, 0.6) is 0 Å². The van der Waals surface area contributed by atoms with Gasteiger partial charge in [0.05, 0.1) is 27.8 Å². The Morgan fingerprint density at radius 3 is 2.71 bits per heavy atom. The number of nitrogens with one attached hydrogen (secondary N) is 1. The van der Waals surface area contributed by atoms with Crippen LogP contribution in [0.3, 0.4) is 0 Å². The molecule has 1 N–H and O–H groups in total. The fourth-order valence-electron chi connectivity index (χ4n) is 4.70. The number of benzene rings is 1. The van der Waals surface area contributed by atoms with Crippen molar-refractivity contribution in [3.63, 3.8) is 0 Å². The first-order chi connectivity index (χ1) is 16.9. The number of fused-ring (bicyclic) bond motifs is 1. The van der Waals surface area contributed by atoms with Crippen molar-refractivity contribution in [1.82, 2.24) is 19.6 Å². The highest BCUT2D eigenvalue weighted by molar-refractivity contribution is 7.89. The summed E-state index contributed by atoms with van der Waals surface area (Å²) in [6, 6.07) is 10.3. The molecule has 2 aromatic heterocycles. The van der Waals surface area contributed by atoms with Gasteiger partial charge in [0.2, 0.25) is 10.0 Å². The van der Waals surface area contributed by atoms with Crippen LogP contribution in [0, 0.1) is 5.92 Å². The minimum atomic E-state index is -3.66. The van der Waals surface area contributed by atoms with E-state index in [1.165, 1.54) is 0 Å². The molecule has 0 radical (unpaired) electrons. The monoisotopic (exact) mass is 494 g/mol. The molecule has 1 amide bonds. The normalized spacial score (nSPS) is 19.7. The Balaban J connectivity index is 1.54. The van der Waals surface area contributed by atoms with Crippen molar-refractivity contribution in [3.05, 3.63) is 54.4 Å². The number of hydrogen-bond acceptors (Lipinski definition) is 6. The topological polar surface area (TPSA) is 101 Å². The minimum Gasteiger partial charge on any atom is -0.376 e. The SMILES string of the molecule is CC1CCN(S(=O)(=O)c2ccc3nc(-c4cccnc4)cc(C(=O)NC[C@H]4CCCO4)c3c2)CC1. The van der Waals surface area contributed by atoms with E-state index in [0.29, 0.717) is 54.3 Å². The van der Waals surface area contributed by atoms with Crippen molar-refractivity contribution in [2.45, 2.75) is 43.6 Å². The summed E-state index contributed by atoms with van der Waals surface area (Å²) in [6.45, 7) is 4.28. The second-order valence-electron chi connectivity index (χ2n) is 9.41. The molecule has 3 aromatic rings. The van der Waals surface area contributed by atoms with E-state index < -0.39 is 10.0 Å². The summed E-state index contributed by atoms with van der Waals surface area (Å²) >= 11 is 0. The summed E-state index contributed by atoms with van der Waals surface area (Å²) in [5.41, 5.74) is 2.33. The Labute approximate surface area is 205 Å². The summed E-state index contributed by atoms with van der Waals surface area (Å²) in [5, 5.41) is 3.48. The van der Waals surface area contributed by atoms with Crippen LogP contribution in [0.15, 0.2) is 53.7 Å². The van der Waals surface area contributed by atoms with E-state index >= 15 is 0 Å². The number of pyridine rings is 2. The fourth-order valence-corrected chi connectivity index (χ4v) is 6.19. The fraction of sp³-hybridized carbons (Fsp3) is 0.423. The van der Waals surface area contributed by atoms with Crippen LogP contribution in [0.4, 0.5) is 0 Å². The molecule has 1 aromatic carbocycles. The molecule has 35 heavy (non-hydrogen) atoms. The highest BCUT2D eigenvalue weighted by Crippen LogP contribution is 2.29. The number of nitrogens with zero attached hydrogens (tertiary/aromatic N) is 3. The summed E-state index contributed by atoms with van der Waals surface area (Å²) in [5.74, 6) is 0.242. The second kappa shape index (κ2) is 10.0. The van der Waals surface area contributed by atoms with Gasteiger partial charge in [-0.2, -0.15) is 4.31 Å². The van der Waals surface area contributed by atoms with Crippen molar-refractivity contribution in [1.29, 1.82) is 0 Å². The molecular formula is C26H30N4O4S. The van der Waals surface area contributed by atoms with Crippen LogP contribution in [0.2, 0.25) is 0 Å². The molecule has 1 atom stereocenters. The van der Waals surface area contributed by atoms with Crippen molar-refractivity contribution >= 4 is 26.8 Å². The van der Waals surface area contributed by atoms with E-state index in [4.69, 9.17) is 9.72 Å². The number of rotatable bonds is 6. The quantitative estimate of drug-likeness (QED) is 0.562. The summed E-state index contributed by atoms with van der Waals surface area (Å²) < 4.78 is 34.0. The number of piperidine rings is 1. The third kappa shape index (κ3) is 5.07. The number of ether oxygens (including phenoxy) is 1. The molecule has 0 aliphatic carbocycles. The van der Waals surface area contributed by atoms with Crippen molar-refractivity contribution in [2.75, 3.05) is 26.2 Å². The number of hydrogen-bond donors (Lipinski definition) is 1. The van der Waals surface area contributed by atoms with Gasteiger partial charge >= 0.3 is 0 Å². The lowest BCUT2D eigenvalue weighted by Crippen LogP contribution is -2.37. The van der Waals surface area contributed by atoms with Gasteiger partial charge in [-0.3, -0.25) is 9.78 Å². The van der Waals surface area contributed by atoms with E-state index in [9.17, 15) is 13.2 Å². The first-order valence-corrected chi connectivity index (χ1v) is 13.6. The average molecular weight is 495 g/mol. The van der Waals surface area contributed by atoms with Gasteiger partial charge in [0, 0.05) is 49.6 Å². The zero-order valence-corrected chi connectivity index (χ0v) is 20.6. The number of aromatic nitrogens is 2. The molecular weight excluding hydrogens is 464 g/mol. The van der Waals surface area contributed by atoms with E-state index in [2.05, 4.69) is 17.2 Å². The van der Waals surface area contributed by atoms with Crippen molar-refractivity contribution in [2.24, 2.45) is 5.92 Å². The largest absolute Gasteiger partial charge is 0.376 e. The van der Waals surface area contributed by atoms with Crippen LogP contribution in [-0.4, -0.2) is 60.9 Å². The van der Waals surface area contributed by atoms with Gasteiger partial charge in [0.25, 0.3) is 5.91 Å². The maximum Gasteiger partial charge on any atom is 0.252 e. The lowest BCUT2D eigenvalue weighted by molar-refractivity contribution is 0.0859. The smallest absolute Gasteiger partial charge is 0.252 e. The Morgan fingerprint density at radius 1 is 1.17 bits per heavy atom. The lowest BCUT2D eigenvalue weighted by Gasteiger charge is -2.29. The third-order valence-electron chi connectivity index (χ3n) is 6.88. The Bertz CT molecular complexity index is 1320. The number of amides is 1. The molecule has 2 saturated heterocycles. The Kier molecular flexibility index (Phi) is 6.82. The van der Waals surface area contributed by atoms with Crippen LogP contribution < -0.4 is 5.32 Å². The number of carbonyl (C=O) groups excluding carboxylic acids is 1. The van der Waals surface area contributed by atoms with Crippen LogP contribution >= 0.6 is 0 Å². The predicted molar refractivity (Wildman–Crippen MR) is 133 cm³/mol. The first kappa shape index (κ1) is 23.8. The summed E-state index contributed by atoms with van der Waals surface area (Å²) in [4.78, 5) is 22.4. The molecule has 2 fully saturated rings.